The number of hydrogen-bond acceptors (Lipinski definition) is 2. The van der Waals surface area contributed by atoms with E-state index in [1.54, 1.807) is 0 Å². The minimum Gasteiger partial charge on any atom is -0.309 e. The molecule has 0 amide bonds. The van der Waals surface area contributed by atoms with Crippen LogP contribution in [-0.4, -0.2) is 9.38 Å². The lowest BCUT2D eigenvalue weighted by atomic mass is 10.0. The van der Waals surface area contributed by atoms with Crippen molar-refractivity contribution in [1.29, 1.82) is 0 Å². The highest BCUT2D eigenvalue weighted by Crippen LogP contribution is 2.45. The number of aromatic nitrogens is 2. The number of nitrogens with zero attached hydrogens (tertiary/aromatic N) is 2. The van der Waals surface area contributed by atoms with Crippen LogP contribution in [0.15, 0.2) is 164 Å². The maximum atomic E-state index is 15.8. The highest BCUT2D eigenvalue weighted by molar-refractivity contribution is 7.85. The van der Waals surface area contributed by atoms with Gasteiger partial charge in [-0.25, -0.2) is 4.98 Å². The van der Waals surface area contributed by atoms with Crippen molar-refractivity contribution in [3.8, 4) is 0 Å². The van der Waals surface area contributed by atoms with Gasteiger partial charge < -0.3 is 4.57 Å². The van der Waals surface area contributed by atoms with Crippen molar-refractivity contribution in [3.63, 3.8) is 0 Å². The Morgan fingerprint density at radius 1 is 0.426 bits per heavy atom. The molecular formula is C43H27N2OP. The zero-order chi connectivity index (χ0) is 31.1. The number of hydrogen-bond donors (Lipinski definition) is 0. The molecule has 1 unspecified atom stereocenters. The minimum absolute atomic E-state index is 0.822. The molecule has 0 saturated carbocycles. The van der Waals surface area contributed by atoms with Gasteiger partial charge in [0, 0.05) is 32.1 Å². The Labute approximate surface area is 270 Å². The maximum absolute atomic E-state index is 15.8. The molecule has 10 aromatic rings. The van der Waals surface area contributed by atoms with E-state index in [0.29, 0.717) is 0 Å². The molecule has 0 spiro atoms. The Balaban J connectivity index is 1.28. The average molecular weight is 619 g/mol. The molecule has 47 heavy (non-hydrogen) atoms. The summed E-state index contributed by atoms with van der Waals surface area (Å²) < 4.78 is 18.1. The number of fused-ring (bicyclic) bond motifs is 13. The summed E-state index contributed by atoms with van der Waals surface area (Å²) in [6, 6.07) is 56.7. The first-order valence-corrected chi connectivity index (χ1v) is 17.6. The first kappa shape index (κ1) is 26.5. The van der Waals surface area contributed by atoms with Gasteiger partial charge in [0.2, 0.25) is 0 Å². The van der Waals surface area contributed by atoms with Crippen molar-refractivity contribution in [2.45, 2.75) is 0 Å². The van der Waals surface area contributed by atoms with Gasteiger partial charge in [-0.2, -0.15) is 0 Å². The van der Waals surface area contributed by atoms with Gasteiger partial charge in [0.1, 0.15) is 5.65 Å². The van der Waals surface area contributed by atoms with Crippen LogP contribution in [0.4, 0.5) is 0 Å². The van der Waals surface area contributed by atoms with Crippen LogP contribution in [-0.2, 0) is 4.57 Å². The molecule has 8 aromatic carbocycles. The van der Waals surface area contributed by atoms with Crippen molar-refractivity contribution in [1.82, 2.24) is 9.38 Å². The smallest absolute Gasteiger partial charge is 0.171 e. The van der Waals surface area contributed by atoms with E-state index in [-0.39, 0.29) is 0 Å². The topological polar surface area (TPSA) is 34.4 Å². The third kappa shape index (κ3) is 3.75. The zero-order valence-corrected chi connectivity index (χ0v) is 26.2. The van der Waals surface area contributed by atoms with Crippen molar-refractivity contribution in [2.24, 2.45) is 0 Å². The fourth-order valence-corrected chi connectivity index (χ4v) is 10.3. The minimum atomic E-state index is -3.26. The molecule has 1 atom stereocenters. The zero-order valence-electron chi connectivity index (χ0n) is 25.3. The van der Waals surface area contributed by atoms with Gasteiger partial charge in [-0.1, -0.05) is 140 Å². The first-order valence-electron chi connectivity index (χ1n) is 15.9. The third-order valence-corrected chi connectivity index (χ3v) is 12.8. The van der Waals surface area contributed by atoms with E-state index in [1.165, 1.54) is 21.5 Å². The summed E-state index contributed by atoms with van der Waals surface area (Å²) in [5.74, 6) is 0. The Bertz CT molecular complexity index is 2940. The van der Waals surface area contributed by atoms with Crippen molar-refractivity contribution in [3.05, 3.63) is 164 Å². The van der Waals surface area contributed by atoms with Gasteiger partial charge in [-0.15, -0.1) is 0 Å². The van der Waals surface area contributed by atoms with E-state index in [2.05, 4.69) is 132 Å². The highest BCUT2D eigenvalue weighted by Gasteiger charge is 2.30. The van der Waals surface area contributed by atoms with E-state index in [4.69, 9.17) is 4.98 Å². The third-order valence-electron chi connectivity index (χ3n) is 9.79. The Morgan fingerprint density at radius 3 is 1.91 bits per heavy atom. The van der Waals surface area contributed by atoms with Crippen LogP contribution in [0, 0.1) is 0 Å². The summed E-state index contributed by atoms with van der Waals surface area (Å²) in [6.07, 6.45) is 0. The molecule has 10 rings (SSSR count). The average Bonchev–Trinajstić information content (AvgIpc) is 3.54. The number of benzene rings is 8. The Morgan fingerprint density at radius 2 is 1.04 bits per heavy atom. The van der Waals surface area contributed by atoms with Crippen LogP contribution >= 0.6 is 7.14 Å². The van der Waals surface area contributed by atoms with Crippen LogP contribution < -0.4 is 15.9 Å². The van der Waals surface area contributed by atoms with Gasteiger partial charge in [0.25, 0.3) is 0 Å². The fourth-order valence-electron chi connectivity index (χ4n) is 7.57. The van der Waals surface area contributed by atoms with Gasteiger partial charge in [0.15, 0.2) is 7.14 Å². The largest absolute Gasteiger partial charge is 0.309 e. The molecule has 0 aliphatic rings. The van der Waals surface area contributed by atoms with Crippen LogP contribution in [0.25, 0.3) is 70.7 Å². The first-order chi connectivity index (χ1) is 23.2. The second-order valence-electron chi connectivity index (χ2n) is 12.3. The maximum Gasteiger partial charge on any atom is 0.171 e. The summed E-state index contributed by atoms with van der Waals surface area (Å²) >= 11 is 0. The lowest BCUT2D eigenvalue weighted by Crippen LogP contribution is -2.25. The molecule has 0 N–H and O–H groups in total. The molecule has 0 aliphatic heterocycles. The molecule has 0 fully saturated rings. The fraction of sp³-hybridized carbons (Fsp3) is 0. The number of rotatable bonds is 3. The summed E-state index contributed by atoms with van der Waals surface area (Å²) in [7, 11) is -3.26. The molecule has 2 heterocycles. The molecule has 220 valence electrons. The van der Waals surface area contributed by atoms with E-state index >= 15 is 4.57 Å². The van der Waals surface area contributed by atoms with Crippen molar-refractivity contribution >= 4 is 93.7 Å². The molecule has 0 radical (unpaired) electrons. The SMILES string of the molecule is O=P(c1ccccc1)(c1ccc2c(ccc3c4ccccc4c4nc5ccccc5n4c23)c1)c1ccc2ccc3ccccc3c2c1. The van der Waals surface area contributed by atoms with Gasteiger partial charge in [-0.05, 0) is 56.6 Å². The molecule has 0 aliphatic carbocycles. The predicted molar refractivity (Wildman–Crippen MR) is 200 cm³/mol. The highest BCUT2D eigenvalue weighted by atomic mass is 31.2. The van der Waals surface area contributed by atoms with Gasteiger partial charge in [0.05, 0.1) is 16.6 Å². The van der Waals surface area contributed by atoms with Crippen LogP contribution in [0.3, 0.4) is 0 Å². The second kappa shape index (κ2) is 9.87. The second-order valence-corrected chi connectivity index (χ2v) is 15.1. The molecule has 3 nitrogen and oxygen atoms in total. The normalized spacial score (nSPS) is 13.4. The predicted octanol–water partition coefficient (Wildman–Crippen LogP) is 9.89. The van der Waals surface area contributed by atoms with Crippen LogP contribution in [0.2, 0.25) is 0 Å². The van der Waals surface area contributed by atoms with E-state index in [1.807, 2.05) is 36.4 Å². The lowest BCUT2D eigenvalue weighted by molar-refractivity contribution is 0.592. The lowest BCUT2D eigenvalue weighted by Gasteiger charge is -2.22. The van der Waals surface area contributed by atoms with Crippen molar-refractivity contribution < 1.29 is 4.57 Å². The van der Waals surface area contributed by atoms with Gasteiger partial charge in [-0.3, -0.25) is 4.40 Å². The standard InChI is InChI=1S/C43H27N2OP/c46-47(31-11-2-1-3-12-31,33-22-20-29-19-18-28-10-4-5-13-34(28)39(29)27-33)32-23-25-35-30(26-32)21-24-37-36-14-6-7-15-38(36)43-44-40-16-8-9-17-41(40)45(43)42(35)37/h1-27H. The quantitative estimate of drug-likeness (QED) is 0.146. The van der Waals surface area contributed by atoms with Crippen LogP contribution in [0.5, 0.6) is 0 Å². The van der Waals surface area contributed by atoms with Gasteiger partial charge >= 0.3 is 0 Å². The number of para-hydroxylation sites is 2. The molecule has 2 aromatic heterocycles. The van der Waals surface area contributed by atoms with E-state index < -0.39 is 7.14 Å². The summed E-state index contributed by atoms with van der Waals surface area (Å²) in [5.41, 5.74) is 4.11. The number of imidazole rings is 1. The monoisotopic (exact) mass is 618 g/mol. The number of pyridine rings is 1. The van der Waals surface area contributed by atoms with Crippen LogP contribution in [0.1, 0.15) is 0 Å². The Kier molecular flexibility index (Phi) is 5.55. The summed E-state index contributed by atoms with van der Waals surface area (Å²) in [5, 5.41) is 12.7. The molecule has 4 heteroatoms. The van der Waals surface area contributed by atoms with Crippen molar-refractivity contribution in [2.75, 3.05) is 0 Å². The molecule has 0 saturated heterocycles. The molecular weight excluding hydrogens is 591 g/mol. The van der Waals surface area contributed by atoms with E-state index in [9.17, 15) is 0 Å². The Hall–Kier alpha value is -5.76. The van der Waals surface area contributed by atoms with E-state index in [0.717, 1.165) is 65.0 Å². The summed E-state index contributed by atoms with van der Waals surface area (Å²) in [6.45, 7) is 0. The summed E-state index contributed by atoms with van der Waals surface area (Å²) in [4.78, 5) is 5.10. The molecule has 0 bridgehead atoms.